The van der Waals surface area contributed by atoms with Crippen molar-refractivity contribution in [2.45, 2.75) is 68.9 Å². The SMILES string of the molecule is COc1cccc(C23CC(B4OC(C)(C)C(C)(C)O4)(C2)C3)c1. The first kappa shape index (κ1) is 14.6. The van der Waals surface area contributed by atoms with Crippen LogP contribution in [0.5, 0.6) is 5.75 Å². The van der Waals surface area contributed by atoms with Crippen molar-refractivity contribution in [1.82, 2.24) is 0 Å². The van der Waals surface area contributed by atoms with Gasteiger partial charge in [0, 0.05) is 5.31 Å². The van der Waals surface area contributed by atoms with E-state index in [2.05, 4.69) is 45.9 Å². The summed E-state index contributed by atoms with van der Waals surface area (Å²) in [5, 5.41) is 0.230. The lowest BCUT2D eigenvalue weighted by molar-refractivity contribution is -0.0384. The molecule has 0 spiro atoms. The van der Waals surface area contributed by atoms with Gasteiger partial charge in [0.05, 0.1) is 18.3 Å². The number of hydrogen-bond acceptors (Lipinski definition) is 3. The second-order valence-corrected chi connectivity index (χ2v) is 8.49. The summed E-state index contributed by atoms with van der Waals surface area (Å²) in [5.74, 6) is 0.951. The van der Waals surface area contributed by atoms with Crippen LogP contribution in [-0.2, 0) is 14.7 Å². The molecule has 4 fully saturated rings. The number of hydrogen-bond donors (Lipinski definition) is 0. The zero-order valence-corrected chi connectivity index (χ0v) is 14.2. The normalized spacial score (nSPS) is 37.4. The smallest absolute Gasteiger partial charge is 0.464 e. The number of methoxy groups -OCH3 is 1. The second kappa shape index (κ2) is 4.10. The van der Waals surface area contributed by atoms with Gasteiger partial charge in [-0.1, -0.05) is 12.1 Å². The molecule has 1 aliphatic heterocycles. The molecule has 3 saturated carbocycles. The summed E-state index contributed by atoms with van der Waals surface area (Å²) in [7, 11) is 1.68. The highest BCUT2D eigenvalue weighted by molar-refractivity contribution is 6.51. The summed E-state index contributed by atoms with van der Waals surface area (Å²) in [4.78, 5) is 0. The quantitative estimate of drug-likeness (QED) is 0.791. The Kier molecular flexibility index (Phi) is 2.72. The largest absolute Gasteiger partial charge is 0.497 e. The summed E-state index contributed by atoms with van der Waals surface area (Å²) in [5.41, 5.74) is 1.29. The highest BCUT2D eigenvalue weighted by Gasteiger charge is 2.76. The van der Waals surface area contributed by atoms with Gasteiger partial charge in [-0.25, -0.2) is 0 Å². The van der Waals surface area contributed by atoms with Gasteiger partial charge >= 0.3 is 7.12 Å². The maximum atomic E-state index is 6.29. The Hall–Kier alpha value is -0.995. The van der Waals surface area contributed by atoms with Gasteiger partial charge in [-0.3, -0.25) is 0 Å². The molecule has 0 aromatic heterocycles. The molecule has 0 amide bonds. The average Bonchev–Trinajstić information content (AvgIpc) is 2.55. The van der Waals surface area contributed by atoms with Crippen LogP contribution in [0.4, 0.5) is 0 Å². The maximum Gasteiger partial charge on any atom is 0.464 e. The molecule has 1 saturated heterocycles. The van der Waals surface area contributed by atoms with E-state index >= 15 is 0 Å². The molecule has 2 bridgehead atoms. The van der Waals surface area contributed by atoms with Gasteiger partial charge in [-0.05, 0) is 70.1 Å². The van der Waals surface area contributed by atoms with Gasteiger partial charge in [0.25, 0.3) is 0 Å². The minimum Gasteiger partial charge on any atom is -0.497 e. The fourth-order valence-corrected chi connectivity index (χ4v) is 4.47. The van der Waals surface area contributed by atoms with Crippen molar-refractivity contribution < 1.29 is 14.0 Å². The molecule has 1 aromatic rings. The topological polar surface area (TPSA) is 27.7 Å². The summed E-state index contributed by atoms with van der Waals surface area (Å²) in [6, 6.07) is 8.53. The van der Waals surface area contributed by atoms with E-state index in [4.69, 9.17) is 14.0 Å². The molecule has 4 heteroatoms. The lowest BCUT2D eigenvalue weighted by atomic mass is 9.23. The predicted molar refractivity (Wildman–Crippen MR) is 87.3 cm³/mol. The summed E-state index contributed by atoms with van der Waals surface area (Å²) >= 11 is 0. The second-order valence-electron chi connectivity index (χ2n) is 8.49. The molecule has 0 radical (unpaired) electrons. The van der Waals surface area contributed by atoms with Gasteiger partial charge < -0.3 is 14.0 Å². The molecule has 4 aliphatic rings. The molecule has 0 atom stereocenters. The molecule has 3 nitrogen and oxygen atoms in total. The fourth-order valence-electron chi connectivity index (χ4n) is 4.47. The van der Waals surface area contributed by atoms with E-state index in [0.717, 1.165) is 5.75 Å². The Morgan fingerprint density at radius 3 is 2.14 bits per heavy atom. The molecule has 5 rings (SSSR count). The van der Waals surface area contributed by atoms with Crippen LogP contribution in [0, 0.1) is 0 Å². The first-order chi connectivity index (χ1) is 10.2. The molecule has 118 valence electrons. The highest BCUT2D eigenvalue weighted by atomic mass is 16.7. The van der Waals surface area contributed by atoms with Crippen LogP contribution < -0.4 is 4.74 Å². The van der Waals surface area contributed by atoms with E-state index in [9.17, 15) is 0 Å². The van der Waals surface area contributed by atoms with E-state index in [1.165, 1.54) is 24.8 Å². The van der Waals surface area contributed by atoms with Crippen LogP contribution in [0.1, 0.15) is 52.5 Å². The van der Waals surface area contributed by atoms with Crippen molar-refractivity contribution in [1.29, 1.82) is 0 Å². The number of ether oxygens (including phenoxy) is 1. The lowest BCUT2D eigenvalue weighted by Crippen LogP contribution is -2.66. The highest BCUT2D eigenvalue weighted by Crippen LogP contribution is 2.80. The van der Waals surface area contributed by atoms with Crippen LogP contribution in [0.25, 0.3) is 0 Å². The van der Waals surface area contributed by atoms with E-state index in [1.807, 2.05) is 6.07 Å². The van der Waals surface area contributed by atoms with Crippen LogP contribution in [-0.4, -0.2) is 25.4 Å². The van der Waals surface area contributed by atoms with Crippen LogP contribution >= 0.6 is 0 Å². The van der Waals surface area contributed by atoms with Crippen molar-refractivity contribution >= 4 is 7.12 Å². The van der Waals surface area contributed by atoms with E-state index in [1.54, 1.807) is 7.11 Å². The van der Waals surface area contributed by atoms with Crippen molar-refractivity contribution in [2.75, 3.05) is 7.11 Å². The third kappa shape index (κ3) is 1.71. The van der Waals surface area contributed by atoms with Crippen molar-refractivity contribution in [3.8, 4) is 5.75 Å². The molecule has 3 aliphatic carbocycles. The van der Waals surface area contributed by atoms with Gasteiger partial charge in [0.2, 0.25) is 0 Å². The standard InChI is InChI=1S/C18H25BO3/c1-15(2)16(3,4)22-19(21-15)18-10-17(11-18,12-18)13-7-6-8-14(9-13)20-5/h6-9H,10-12H2,1-5H3. The minimum absolute atomic E-state index is 0.0509. The average molecular weight is 300 g/mol. The third-order valence-electron chi connectivity index (χ3n) is 6.51. The molecule has 1 heterocycles. The summed E-state index contributed by atoms with van der Waals surface area (Å²) in [6.07, 6.45) is 3.51. The zero-order valence-electron chi connectivity index (χ0n) is 14.2. The van der Waals surface area contributed by atoms with Crippen LogP contribution in [0.2, 0.25) is 5.31 Å². The zero-order chi connectivity index (χ0) is 15.8. The Morgan fingerprint density at radius 1 is 1.00 bits per heavy atom. The summed E-state index contributed by atoms with van der Waals surface area (Å²) < 4.78 is 17.9. The van der Waals surface area contributed by atoms with Gasteiger partial charge in [-0.2, -0.15) is 0 Å². The van der Waals surface area contributed by atoms with Crippen molar-refractivity contribution in [2.24, 2.45) is 0 Å². The monoisotopic (exact) mass is 300 g/mol. The Bertz CT molecular complexity index is 587. The molecular formula is C18H25BO3. The molecule has 1 aromatic carbocycles. The molecule has 22 heavy (non-hydrogen) atoms. The molecule has 0 unspecified atom stereocenters. The van der Waals surface area contributed by atoms with E-state index in [0.29, 0.717) is 5.41 Å². The first-order valence-corrected chi connectivity index (χ1v) is 8.22. The number of rotatable bonds is 3. The molecular weight excluding hydrogens is 275 g/mol. The van der Waals surface area contributed by atoms with Crippen molar-refractivity contribution in [3.05, 3.63) is 29.8 Å². The van der Waals surface area contributed by atoms with Crippen LogP contribution in [0.15, 0.2) is 24.3 Å². The molecule has 0 N–H and O–H groups in total. The van der Waals surface area contributed by atoms with Gasteiger partial charge in [0.15, 0.2) is 0 Å². The van der Waals surface area contributed by atoms with Gasteiger partial charge in [0.1, 0.15) is 5.75 Å². The van der Waals surface area contributed by atoms with Crippen LogP contribution in [0.3, 0.4) is 0 Å². The minimum atomic E-state index is -0.226. The predicted octanol–water partition coefficient (Wildman–Crippen LogP) is 3.96. The third-order valence-corrected chi connectivity index (χ3v) is 6.51. The summed E-state index contributed by atoms with van der Waals surface area (Å²) in [6.45, 7) is 8.54. The first-order valence-electron chi connectivity index (χ1n) is 8.22. The Morgan fingerprint density at radius 2 is 1.59 bits per heavy atom. The fraction of sp³-hybridized carbons (Fsp3) is 0.667. The Balaban J connectivity index is 1.50. The van der Waals surface area contributed by atoms with E-state index in [-0.39, 0.29) is 23.6 Å². The number of benzene rings is 1. The van der Waals surface area contributed by atoms with Crippen molar-refractivity contribution in [3.63, 3.8) is 0 Å². The van der Waals surface area contributed by atoms with Gasteiger partial charge in [-0.15, -0.1) is 0 Å². The van der Waals surface area contributed by atoms with E-state index < -0.39 is 0 Å². The maximum absolute atomic E-state index is 6.29. The lowest BCUT2D eigenvalue weighted by Gasteiger charge is -2.71. The Labute approximate surface area is 133 Å².